The van der Waals surface area contributed by atoms with Gasteiger partial charge in [-0.2, -0.15) is 5.26 Å². The van der Waals surface area contributed by atoms with Gasteiger partial charge in [0.1, 0.15) is 5.75 Å². The first kappa shape index (κ1) is 13.2. The molecule has 2 aromatic carbocycles. The summed E-state index contributed by atoms with van der Waals surface area (Å²) in [5.74, 6) is 0.622. The molecule has 0 bridgehead atoms. The lowest BCUT2D eigenvalue weighted by Crippen LogP contribution is -1.85. The highest BCUT2D eigenvalue weighted by molar-refractivity contribution is 6.32. The van der Waals surface area contributed by atoms with E-state index in [4.69, 9.17) is 16.3 Å². The average molecular weight is 270 g/mol. The number of benzene rings is 2. The fourth-order valence-corrected chi connectivity index (χ4v) is 2.00. The van der Waals surface area contributed by atoms with Gasteiger partial charge in [0.2, 0.25) is 0 Å². The fourth-order valence-electron chi connectivity index (χ4n) is 1.74. The smallest absolute Gasteiger partial charge is 0.137 e. The van der Waals surface area contributed by atoms with Crippen LogP contribution in [0.2, 0.25) is 5.02 Å². The molecule has 19 heavy (non-hydrogen) atoms. The van der Waals surface area contributed by atoms with Crippen LogP contribution in [0.15, 0.2) is 48.5 Å². The van der Waals surface area contributed by atoms with Gasteiger partial charge in [0.25, 0.3) is 0 Å². The zero-order chi connectivity index (χ0) is 13.7. The standard InChI is InChI=1S/C16H12ClNO/c1-19-16-8-7-12(10-15(16)17)9-14(11-18)13-5-3-2-4-6-13/h2-10H,1H3/b14-9-. The first-order chi connectivity index (χ1) is 9.24. The van der Waals surface area contributed by atoms with Crippen molar-refractivity contribution in [3.63, 3.8) is 0 Å². The summed E-state index contributed by atoms with van der Waals surface area (Å²) in [6.07, 6.45) is 1.81. The van der Waals surface area contributed by atoms with Crippen LogP contribution < -0.4 is 4.74 Å². The summed E-state index contributed by atoms with van der Waals surface area (Å²) in [5.41, 5.74) is 2.35. The molecular formula is C16H12ClNO. The van der Waals surface area contributed by atoms with Crippen molar-refractivity contribution in [2.45, 2.75) is 0 Å². The van der Waals surface area contributed by atoms with Gasteiger partial charge in [-0.25, -0.2) is 0 Å². The van der Waals surface area contributed by atoms with Crippen LogP contribution >= 0.6 is 11.6 Å². The Hall–Kier alpha value is -2.24. The Bertz CT molecular complexity index is 642. The molecule has 0 radical (unpaired) electrons. The molecule has 0 saturated carbocycles. The zero-order valence-corrected chi connectivity index (χ0v) is 11.2. The van der Waals surface area contributed by atoms with E-state index in [0.29, 0.717) is 16.3 Å². The molecular weight excluding hydrogens is 258 g/mol. The Kier molecular flexibility index (Phi) is 4.22. The Morgan fingerprint density at radius 3 is 2.53 bits per heavy atom. The molecule has 94 valence electrons. The molecule has 2 nitrogen and oxygen atoms in total. The van der Waals surface area contributed by atoms with Gasteiger partial charge < -0.3 is 4.74 Å². The lowest BCUT2D eigenvalue weighted by Gasteiger charge is -2.04. The van der Waals surface area contributed by atoms with E-state index in [-0.39, 0.29) is 0 Å². The van der Waals surface area contributed by atoms with Crippen LogP contribution in [0.5, 0.6) is 5.75 Å². The predicted molar refractivity (Wildman–Crippen MR) is 77.9 cm³/mol. The third-order valence-corrected chi connectivity index (χ3v) is 2.99. The Balaban J connectivity index is 2.39. The fraction of sp³-hybridized carbons (Fsp3) is 0.0625. The molecule has 3 heteroatoms. The molecule has 2 rings (SSSR count). The Morgan fingerprint density at radius 1 is 1.21 bits per heavy atom. The highest BCUT2D eigenvalue weighted by Crippen LogP contribution is 2.27. The summed E-state index contributed by atoms with van der Waals surface area (Å²) >= 11 is 6.07. The van der Waals surface area contributed by atoms with Crippen molar-refractivity contribution in [2.24, 2.45) is 0 Å². The van der Waals surface area contributed by atoms with E-state index in [1.807, 2.05) is 36.4 Å². The number of hydrogen-bond donors (Lipinski definition) is 0. The van der Waals surface area contributed by atoms with E-state index in [0.717, 1.165) is 11.1 Å². The van der Waals surface area contributed by atoms with Crippen LogP contribution in [0.3, 0.4) is 0 Å². The second kappa shape index (κ2) is 6.08. The van der Waals surface area contributed by atoms with E-state index in [9.17, 15) is 5.26 Å². The van der Waals surface area contributed by atoms with Crippen molar-refractivity contribution in [1.29, 1.82) is 5.26 Å². The summed E-state index contributed by atoms with van der Waals surface area (Å²) < 4.78 is 5.10. The molecule has 0 aliphatic rings. The Morgan fingerprint density at radius 2 is 1.95 bits per heavy atom. The maximum atomic E-state index is 9.23. The molecule has 0 N–H and O–H groups in total. The number of rotatable bonds is 3. The summed E-state index contributed by atoms with van der Waals surface area (Å²) in [4.78, 5) is 0. The number of ether oxygens (including phenoxy) is 1. The number of nitrogens with zero attached hydrogens (tertiary/aromatic N) is 1. The number of hydrogen-bond acceptors (Lipinski definition) is 2. The number of nitriles is 1. The lowest BCUT2D eigenvalue weighted by molar-refractivity contribution is 0.415. The van der Waals surface area contributed by atoms with E-state index >= 15 is 0 Å². The molecule has 0 aliphatic heterocycles. The van der Waals surface area contributed by atoms with Crippen LogP contribution in [-0.2, 0) is 0 Å². The summed E-state index contributed by atoms with van der Waals surface area (Å²) in [6.45, 7) is 0. The third kappa shape index (κ3) is 3.15. The van der Waals surface area contributed by atoms with Gasteiger partial charge in [-0.1, -0.05) is 48.0 Å². The minimum absolute atomic E-state index is 0.529. The molecule has 0 saturated heterocycles. The zero-order valence-electron chi connectivity index (χ0n) is 10.4. The maximum absolute atomic E-state index is 9.23. The summed E-state index contributed by atoms with van der Waals surface area (Å²) in [7, 11) is 1.57. The van der Waals surface area contributed by atoms with Crippen LogP contribution in [-0.4, -0.2) is 7.11 Å². The van der Waals surface area contributed by atoms with E-state index in [2.05, 4.69) is 6.07 Å². The second-order valence-corrected chi connectivity index (χ2v) is 4.34. The molecule has 0 amide bonds. The highest BCUT2D eigenvalue weighted by atomic mass is 35.5. The second-order valence-electron chi connectivity index (χ2n) is 3.93. The topological polar surface area (TPSA) is 33.0 Å². The largest absolute Gasteiger partial charge is 0.495 e. The minimum atomic E-state index is 0.529. The molecule has 0 aromatic heterocycles. The molecule has 0 aliphatic carbocycles. The van der Waals surface area contributed by atoms with Crippen LogP contribution in [0.1, 0.15) is 11.1 Å². The van der Waals surface area contributed by atoms with Crippen LogP contribution in [0.25, 0.3) is 11.6 Å². The number of halogens is 1. The van der Waals surface area contributed by atoms with Crippen molar-refractivity contribution < 1.29 is 4.74 Å². The molecule has 0 heterocycles. The summed E-state index contributed by atoms with van der Waals surface area (Å²) in [5, 5.41) is 9.76. The summed E-state index contributed by atoms with van der Waals surface area (Å²) in [6, 6.07) is 17.2. The molecule has 0 unspecified atom stereocenters. The molecule has 2 aromatic rings. The monoisotopic (exact) mass is 269 g/mol. The lowest BCUT2D eigenvalue weighted by atomic mass is 10.0. The number of methoxy groups -OCH3 is 1. The third-order valence-electron chi connectivity index (χ3n) is 2.69. The van der Waals surface area contributed by atoms with Crippen LogP contribution in [0, 0.1) is 11.3 Å². The van der Waals surface area contributed by atoms with Gasteiger partial charge in [0.05, 0.1) is 23.8 Å². The van der Waals surface area contributed by atoms with Gasteiger partial charge in [-0.3, -0.25) is 0 Å². The van der Waals surface area contributed by atoms with Crippen molar-refractivity contribution in [3.8, 4) is 11.8 Å². The van der Waals surface area contributed by atoms with Crippen molar-refractivity contribution in [2.75, 3.05) is 7.11 Å². The van der Waals surface area contributed by atoms with Gasteiger partial charge in [-0.15, -0.1) is 0 Å². The van der Waals surface area contributed by atoms with E-state index in [1.54, 1.807) is 25.3 Å². The van der Waals surface area contributed by atoms with Crippen molar-refractivity contribution >= 4 is 23.3 Å². The Labute approximate surface area is 117 Å². The highest BCUT2D eigenvalue weighted by Gasteiger charge is 2.03. The molecule has 0 fully saturated rings. The predicted octanol–water partition coefficient (Wildman–Crippen LogP) is 4.41. The maximum Gasteiger partial charge on any atom is 0.137 e. The van der Waals surface area contributed by atoms with Gasteiger partial charge >= 0.3 is 0 Å². The quantitative estimate of drug-likeness (QED) is 0.611. The molecule has 0 atom stereocenters. The van der Waals surface area contributed by atoms with Gasteiger partial charge in [-0.05, 0) is 29.3 Å². The first-order valence-corrected chi connectivity index (χ1v) is 6.13. The van der Waals surface area contributed by atoms with E-state index < -0.39 is 0 Å². The van der Waals surface area contributed by atoms with E-state index in [1.165, 1.54) is 0 Å². The van der Waals surface area contributed by atoms with Crippen LogP contribution in [0.4, 0.5) is 0 Å². The van der Waals surface area contributed by atoms with Gasteiger partial charge in [0, 0.05) is 0 Å². The normalized spacial score (nSPS) is 10.9. The number of allylic oxidation sites excluding steroid dienone is 1. The molecule has 0 spiro atoms. The van der Waals surface area contributed by atoms with Crippen molar-refractivity contribution in [1.82, 2.24) is 0 Å². The van der Waals surface area contributed by atoms with Gasteiger partial charge in [0.15, 0.2) is 0 Å². The average Bonchev–Trinajstić information content (AvgIpc) is 2.46. The SMILES string of the molecule is COc1ccc(/C=C(/C#N)c2ccccc2)cc1Cl. The first-order valence-electron chi connectivity index (χ1n) is 5.75. The van der Waals surface area contributed by atoms with Crippen molar-refractivity contribution in [3.05, 3.63) is 64.7 Å². The minimum Gasteiger partial charge on any atom is -0.495 e.